The van der Waals surface area contributed by atoms with Crippen molar-refractivity contribution in [3.8, 4) is 0 Å². The van der Waals surface area contributed by atoms with Crippen LogP contribution in [0.1, 0.15) is 5.56 Å². The van der Waals surface area contributed by atoms with Gasteiger partial charge in [-0.2, -0.15) is 0 Å². The molecule has 0 unspecified atom stereocenters. The Balaban J connectivity index is 1.97. The van der Waals surface area contributed by atoms with Crippen molar-refractivity contribution in [1.82, 2.24) is 0 Å². The van der Waals surface area contributed by atoms with Gasteiger partial charge >= 0.3 is 0 Å². The van der Waals surface area contributed by atoms with Crippen LogP contribution in [-0.2, 0) is 4.79 Å². The van der Waals surface area contributed by atoms with E-state index in [1.165, 1.54) is 24.3 Å². The fraction of sp³-hybridized carbons (Fsp3) is 0.133. The topological polar surface area (TPSA) is 72.2 Å². The molecule has 2 rings (SSSR count). The van der Waals surface area contributed by atoms with Gasteiger partial charge in [-0.1, -0.05) is 0 Å². The quantitative estimate of drug-likeness (QED) is 0.510. The summed E-state index contributed by atoms with van der Waals surface area (Å²) in [5.41, 5.74) is 0.966. The predicted octanol–water partition coefficient (Wildman–Crippen LogP) is 3.91. The maximum Gasteiger partial charge on any atom is 0.269 e. The van der Waals surface area contributed by atoms with E-state index in [2.05, 4.69) is 5.32 Å². The molecule has 0 aromatic heterocycles. The number of carbonyl (C=O) groups excluding carboxylic acids is 1. The van der Waals surface area contributed by atoms with Gasteiger partial charge in [-0.25, -0.2) is 8.78 Å². The fourth-order valence-corrected chi connectivity index (χ4v) is 2.52. The van der Waals surface area contributed by atoms with Gasteiger partial charge in [-0.15, -0.1) is 11.8 Å². The van der Waals surface area contributed by atoms with Crippen molar-refractivity contribution < 1.29 is 18.5 Å². The molecule has 2 aromatic rings. The average Bonchev–Trinajstić information content (AvgIpc) is 2.50. The summed E-state index contributed by atoms with van der Waals surface area (Å²) in [6.07, 6.45) is 0. The number of nitrogens with zero attached hydrogens (tertiary/aromatic N) is 1. The van der Waals surface area contributed by atoms with Crippen molar-refractivity contribution in [2.24, 2.45) is 0 Å². The van der Waals surface area contributed by atoms with Crippen LogP contribution in [0.15, 0.2) is 41.3 Å². The largest absolute Gasteiger partial charge is 0.325 e. The molecule has 0 aliphatic rings. The van der Waals surface area contributed by atoms with Gasteiger partial charge in [0.05, 0.1) is 10.7 Å². The molecule has 0 heterocycles. The van der Waals surface area contributed by atoms with Gasteiger partial charge in [0.1, 0.15) is 0 Å². The lowest BCUT2D eigenvalue weighted by atomic mass is 10.2. The molecule has 0 atom stereocenters. The van der Waals surface area contributed by atoms with E-state index in [0.29, 0.717) is 16.1 Å². The Bertz CT molecular complexity index is 768. The summed E-state index contributed by atoms with van der Waals surface area (Å²) in [5, 5.41) is 13.3. The maximum absolute atomic E-state index is 13.1. The number of carbonyl (C=O) groups is 1. The number of aryl methyl sites for hydroxylation is 1. The number of benzene rings is 2. The second-order valence-corrected chi connectivity index (χ2v) is 5.72. The highest BCUT2D eigenvalue weighted by atomic mass is 32.2. The Morgan fingerprint density at radius 3 is 2.57 bits per heavy atom. The lowest BCUT2D eigenvalue weighted by Crippen LogP contribution is -2.14. The highest BCUT2D eigenvalue weighted by molar-refractivity contribution is 8.00. The number of nitrogens with one attached hydrogen (secondary N) is 1. The molecular weight excluding hydrogens is 326 g/mol. The molecular formula is C15H12F2N2O3S. The highest BCUT2D eigenvalue weighted by Gasteiger charge is 2.11. The Labute approximate surface area is 134 Å². The van der Waals surface area contributed by atoms with Gasteiger partial charge in [0, 0.05) is 22.7 Å². The molecule has 5 nitrogen and oxygen atoms in total. The summed E-state index contributed by atoms with van der Waals surface area (Å²) in [6.45, 7) is 1.64. The molecule has 120 valence electrons. The molecule has 0 saturated carbocycles. The molecule has 1 N–H and O–H groups in total. The van der Waals surface area contributed by atoms with Crippen molar-refractivity contribution in [1.29, 1.82) is 0 Å². The van der Waals surface area contributed by atoms with Crippen molar-refractivity contribution in [3.63, 3.8) is 0 Å². The molecule has 0 bridgehead atoms. The first kappa shape index (κ1) is 16.9. The number of halogens is 2. The number of non-ortho nitro benzene ring substituents is 1. The van der Waals surface area contributed by atoms with Crippen molar-refractivity contribution in [2.45, 2.75) is 11.8 Å². The molecule has 0 fully saturated rings. The number of hydrogen-bond donors (Lipinski definition) is 1. The standard InChI is InChI=1S/C15H12F2N2O3S/c1-9-6-10(19(21)22)2-5-14(9)18-15(20)8-23-11-3-4-12(16)13(17)7-11/h2-7H,8H2,1H3,(H,18,20). The second kappa shape index (κ2) is 7.19. The molecule has 0 spiro atoms. The summed E-state index contributed by atoms with van der Waals surface area (Å²) >= 11 is 1.06. The van der Waals surface area contributed by atoms with E-state index in [9.17, 15) is 23.7 Å². The van der Waals surface area contributed by atoms with E-state index in [4.69, 9.17) is 0 Å². The van der Waals surface area contributed by atoms with Crippen LogP contribution in [0, 0.1) is 28.7 Å². The molecule has 8 heteroatoms. The molecule has 0 aliphatic carbocycles. The summed E-state index contributed by atoms with van der Waals surface area (Å²) in [6, 6.07) is 7.50. The number of thioether (sulfide) groups is 1. The summed E-state index contributed by atoms with van der Waals surface area (Å²) in [7, 11) is 0. The third-order valence-electron chi connectivity index (χ3n) is 2.96. The van der Waals surface area contributed by atoms with Gasteiger partial charge < -0.3 is 5.32 Å². The monoisotopic (exact) mass is 338 g/mol. The van der Waals surface area contributed by atoms with E-state index in [1.807, 2.05) is 0 Å². The highest BCUT2D eigenvalue weighted by Crippen LogP contribution is 2.23. The second-order valence-electron chi connectivity index (χ2n) is 4.67. The van der Waals surface area contributed by atoms with E-state index >= 15 is 0 Å². The molecule has 0 saturated heterocycles. The summed E-state index contributed by atoms with van der Waals surface area (Å²) in [5.74, 6) is -2.26. The van der Waals surface area contributed by atoms with Crippen LogP contribution in [0.25, 0.3) is 0 Å². The number of amides is 1. The Morgan fingerprint density at radius 1 is 1.22 bits per heavy atom. The van der Waals surface area contributed by atoms with Gasteiger partial charge in [0.25, 0.3) is 5.69 Å². The van der Waals surface area contributed by atoms with Crippen LogP contribution in [0.5, 0.6) is 0 Å². The maximum atomic E-state index is 13.1. The van der Waals surface area contributed by atoms with Gasteiger partial charge in [0.2, 0.25) is 5.91 Å². The zero-order valence-corrected chi connectivity index (χ0v) is 12.8. The fourth-order valence-electron chi connectivity index (χ4n) is 1.80. The predicted molar refractivity (Wildman–Crippen MR) is 83.5 cm³/mol. The minimum atomic E-state index is -0.971. The van der Waals surface area contributed by atoms with E-state index in [1.54, 1.807) is 6.92 Å². The first-order valence-electron chi connectivity index (χ1n) is 6.49. The first-order valence-corrected chi connectivity index (χ1v) is 7.48. The number of nitro benzene ring substituents is 1. The molecule has 0 aliphatic heterocycles. The lowest BCUT2D eigenvalue weighted by Gasteiger charge is -2.08. The van der Waals surface area contributed by atoms with Crippen molar-refractivity contribution >= 4 is 29.0 Å². The van der Waals surface area contributed by atoms with E-state index in [-0.39, 0.29) is 17.3 Å². The molecule has 0 radical (unpaired) electrons. The van der Waals surface area contributed by atoms with E-state index < -0.39 is 16.6 Å². The molecule has 2 aromatic carbocycles. The third-order valence-corrected chi connectivity index (χ3v) is 3.95. The van der Waals surface area contributed by atoms with Gasteiger partial charge in [-0.3, -0.25) is 14.9 Å². The Kier molecular flexibility index (Phi) is 5.28. The normalized spacial score (nSPS) is 10.4. The molecule has 1 amide bonds. The minimum absolute atomic E-state index is 0.00149. The molecule has 23 heavy (non-hydrogen) atoms. The third kappa shape index (κ3) is 4.49. The van der Waals surface area contributed by atoms with E-state index in [0.717, 1.165) is 23.9 Å². The SMILES string of the molecule is Cc1cc([N+](=O)[O-])ccc1NC(=O)CSc1ccc(F)c(F)c1. The number of hydrogen-bond acceptors (Lipinski definition) is 4. The Hall–Kier alpha value is -2.48. The number of rotatable bonds is 5. The van der Waals surface area contributed by atoms with Crippen LogP contribution in [0.3, 0.4) is 0 Å². The summed E-state index contributed by atoms with van der Waals surface area (Å²) in [4.78, 5) is 22.4. The van der Waals surface area contributed by atoms with Crippen LogP contribution < -0.4 is 5.32 Å². The van der Waals surface area contributed by atoms with Gasteiger partial charge in [0.15, 0.2) is 11.6 Å². The lowest BCUT2D eigenvalue weighted by molar-refractivity contribution is -0.384. The first-order chi connectivity index (χ1) is 10.9. The summed E-state index contributed by atoms with van der Waals surface area (Å²) < 4.78 is 25.9. The van der Waals surface area contributed by atoms with Crippen molar-refractivity contribution in [3.05, 3.63) is 63.7 Å². The smallest absolute Gasteiger partial charge is 0.269 e. The zero-order valence-electron chi connectivity index (χ0n) is 12.0. The van der Waals surface area contributed by atoms with Crippen LogP contribution in [-0.4, -0.2) is 16.6 Å². The number of nitro groups is 1. The van der Waals surface area contributed by atoms with Crippen LogP contribution in [0.4, 0.5) is 20.2 Å². The Morgan fingerprint density at radius 2 is 1.96 bits per heavy atom. The zero-order chi connectivity index (χ0) is 17.0. The number of anilines is 1. The van der Waals surface area contributed by atoms with Crippen molar-refractivity contribution in [2.75, 3.05) is 11.1 Å². The average molecular weight is 338 g/mol. The van der Waals surface area contributed by atoms with Gasteiger partial charge in [-0.05, 0) is 36.8 Å². The van der Waals surface area contributed by atoms with Crippen LogP contribution >= 0.6 is 11.8 Å². The minimum Gasteiger partial charge on any atom is -0.325 e. The van der Waals surface area contributed by atoms with Crippen LogP contribution in [0.2, 0.25) is 0 Å².